The van der Waals surface area contributed by atoms with Crippen molar-refractivity contribution in [3.8, 4) is 5.75 Å². The third kappa shape index (κ3) is 5.51. The number of aliphatic hydroxyl groups is 1. The van der Waals surface area contributed by atoms with Crippen molar-refractivity contribution in [2.24, 2.45) is 0 Å². The average Bonchev–Trinajstić information content (AvgIpc) is 3.49. The Morgan fingerprint density at radius 2 is 2.00 bits per heavy atom. The second-order valence-electron chi connectivity index (χ2n) is 8.55. The minimum Gasteiger partial charge on any atom is -0.503 e. The first-order valence-corrected chi connectivity index (χ1v) is 12.8. The van der Waals surface area contributed by atoms with Gasteiger partial charge in [0.15, 0.2) is 5.76 Å². The number of aliphatic hydroxyl groups excluding tert-OH is 1. The second kappa shape index (κ2) is 11.6. The third-order valence-corrected chi connectivity index (χ3v) is 7.11. The number of unbranched alkanes of at least 4 members (excludes halogenated alkanes) is 2. The van der Waals surface area contributed by atoms with Gasteiger partial charge in [0.2, 0.25) is 5.78 Å². The second-order valence-corrected chi connectivity index (χ2v) is 9.50. The Morgan fingerprint density at radius 3 is 2.74 bits per heavy atom. The Kier molecular flexibility index (Phi) is 8.37. The maximum absolute atomic E-state index is 13.4. The van der Waals surface area contributed by atoms with Crippen LogP contribution in [0.5, 0.6) is 5.75 Å². The number of nitrogens with zero attached hydrogens (tertiary/aromatic N) is 2. The molecular weight excluding hydrogens is 452 g/mol. The number of rotatable bonds is 11. The summed E-state index contributed by atoms with van der Waals surface area (Å²) >= 11 is 1.30. The van der Waals surface area contributed by atoms with Crippen molar-refractivity contribution < 1.29 is 24.2 Å². The molecule has 4 rings (SSSR count). The molecule has 1 amide bonds. The van der Waals surface area contributed by atoms with E-state index < -0.39 is 17.7 Å². The summed E-state index contributed by atoms with van der Waals surface area (Å²) in [4.78, 5) is 30.9. The molecule has 34 heavy (non-hydrogen) atoms. The Labute approximate surface area is 204 Å². The van der Waals surface area contributed by atoms with Gasteiger partial charge in [0.25, 0.3) is 5.91 Å². The highest BCUT2D eigenvalue weighted by Gasteiger charge is 2.44. The van der Waals surface area contributed by atoms with E-state index in [1.165, 1.54) is 11.3 Å². The van der Waals surface area contributed by atoms with Crippen LogP contribution in [0, 0.1) is 0 Å². The molecule has 3 heterocycles. The monoisotopic (exact) mass is 484 g/mol. The van der Waals surface area contributed by atoms with E-state index in [4.69, 9.17) is 9.47 Å². The molecule has 1 saturated heterocycles. The molecule has 0 bridgehead atoms. The normalized spacial score (nSPS) is 19.1. The van der Waals surface area contributed by atoms with Crippen molar-refractivity contribution >= 4 is 23.0 Å². The van der Waals surface area contributed by atoms with Crippen molar-refractivity contribution in [2.75, 3.05) is 46.0 Å². The number of hydrogen-bond donors (Lipinski definition) is 1. The topological polar surface area (TPSA) is 79.3 Å². The predicted molar refractivity (Wildman–Crippen MR) is 131 cm³/mol. The molecular formula is C26H32N2O5S. The van der Waals surface area contributed by atoms with Crippen LogP contribution >= 0.6 is 11.3 Å². The first-order valence-electron chi connectivity index (χ1n) is 11.9. The van der Waals surface area contributed by atoms with Crippen LogP contribution in [0.15, 0.2) is 53.1 Å². The fourth-order valence-corrected chi connectivity index (χ4v) is 5.07. The third-order valence-electron chi connectivity index (χ3n) is 6.24. The van der Waals surface area contributed by atoms with Gasteiger partial charge in [-0.25, -0.2) is 0 Å². The van der Waals surface area contributed by atoms with Gasteiger partial charge in [0.05, 0.1) is 36.3 Å². The molecule has 0 radical (unpaired) electrons. The minimum atomic E-state index is -0.665. The smallest absolute Gasteiger partial charge is 0.290 e. The number of morpholine rings is 1. The van der Waals surface area contributed by atoms with Crippen LogP contribution < -0.4 is 4.74 Å². The molecule has 7 nitrogen and oxygen atoms in total. The quantitative estimate of drug-likeness (QED) is 0.380. The van der Waals surface area contributed by atoms with Gasteiger partial charge in [-0.05, 0) is 35.6 Å². The Hall–Kier alpha value is -2.68. The van der Waals surface area contributed by atoms with Gasteiger partial charge in [-0.2, -0.15) is 0 Å². The van der Waals surface area contributed by atoms with E-state index in [0.717, 1.165) is 37.9 Å². The molecule has 0 unspecified atom stereocenters. The molecule has 0 aliphatic carbocycles. The summed E-state index contributed by atoms with van der Waals surface area (Å²) in [5, 5.41) is 12.7. The lowest BCUT2D eigenvalue weighted by atomic mass is 9.95. The number of amides is 1. The lowest BCUT2D eigenvalue weighted by Gasteiger charge is -2.31. The molecule has 0 spiro atoms. The molecule has 1 fully saturated rings. The number of benzene rings is 1. The van der Waals surface area contributed by atoms with Crippen LogP contribution in [0.3, 0.4) is 0 Å². The summed E-state index contributed by atoms with van der Waals surface area (Å²) in [6.07, 6.45) is 3.18. The van der Waals surface area contributed by atoms with Crippen molar-refractivity contribution in [1.29, 1.82) is 0 Å². The average molecular weight is 485 g/mol. The fraction of sp³-hybridized carbons (Fsp3) is 0.462. The zero-order valence-electron chi connectivity index (χ0n) is 19.6. The van der Waals surface area contributed by atoms with E-state index in [9.17, 15) is 14.7 Å². The van der Waals surface area contributed by atoms with E-state index in [-0.39, 0.29) is 11.4 Å². The molecule has 1 atom stereocenters. The van der Waals surface area contributed by atoms with E-state index in [1.807, 2.05) is 29.6 Å². The van der Waals surface area contributed by atoms with Gasteiger partial charge in [0.1, 0.15) is 5.75 Å². The fourth-order valence-electron chi connectivity index (χ4n) is 4.39. The number of thiophene rings is 1. The van der Waals surface area contributed by atoms with E-state index in [1.54, 1.807) is 17.0 Å². The summed E-state index contributed by atoms with van der Waals surface area (Å²) in [6, 6.07) is 10.4. The van der Waals surface area contributed by atoms with Gasteiger partial charge in [-0.3, -0.25) is 14.5 Å². The van der Waals surface area contributed by atoms with Gasteiger partial charge in [-0.1, -0.05) is 38.0 Å². The van der Waals surface area contributed by atoms with Crippen LogP contribution in [-0.4, -0.2) is 72.6 Å². The molecule has 2 aliphatic rings. The number of ether oxygens (including phenoxy) is 2. The molecule has 1 N–H and O–H groups in total. The highest BCUT2D eigenvalue weighted by Crippen LogP contribution is 2.40. The van der Waals surface area contributed by atoms with Gasteiger partial charge < -0.3 is 19.5 Å². The molecule has 1 aromatic carbocycles. The molecule has 2 aromatic rings. The molecule has 0 saturated carbocycles. The van der Waals surface area contributed by atoms with Gasteiger partial charge in [0, 0.05) is 26.2 Å². The van der Waals surface area contributed by atoms with E-state index in [0.29, 0.717) is 43.5 Å². The van der Waals surface area contributed by atoms with Crippen molar-refractivity contribution in [1.82, 2.24) is 9.80 Å². The maximum atomic E-state index is 13.4. The number of Topliss-reactive ketones (excluding diaryl/α,β-unsaturated/α-hetero) is 1. The summed E-state index contributed by atoms with van der Waals surface area (Å²) in [6.45, 7) is 6.74. The zero-order valence-corrected chi connectivity index (χ0v) is 20.4. The summed E-state index contributed by atoms with van der Waals surface area (Å²) in [5.41, 5.74) is 0.893. The summed E-state index contributed by atoms with van der Waals surface area (Å²) < 4.78 is 11.4. The first-order chi connectivity index (χ1) is 16.6. The first kappa shape index (κ1) is 24.4. The number of hydrogen-bond acceptors (Lipinski definition) is 7. The lowest BCUT2D eigenvalue weighted by Crippen LogP contribution is -2.43. The Balaban J connectivity index is 1.61. The molecule has 8 heteroatoms. The summed E-state index contributed by atoms with van der Waals surface area (Å²) in [7, 11) is 0. The van der Waals surface area contributed by atoms with Crippen LogP contribution in [0.1, 0.15) is 47.5 Å². The van der Waals surface area contributed by atoms with Crippen molar-refractivity contribution in [2.45, 2.75) is 32.2 Å². The van der Waals surface area contributed by atoms with Crippen LogP contribution in [0.2, 0.25) is 0 Å². The van der Waals surface area contributed by atoms with E-state index >= 15 is 0 Å². The minimum absolute atomic E-state index is 0.137. The van der Waals surface area contributed by atoms with Crippen LogP contribution in [0.25, 0.3) is 0 Å². The zero-order chi connectivity index (χ0) is 23.9. The number of carbonyl (C=O) groups is 2. The predicted octanol–water partition coefficient (Wildman–Crippen LogP) is 4.23. The van der Waals surface area contributed by atoms with Crippen LogP contribution in [0.4, 0.5) is 0 Å². The number of carbonyl (C=O) groups excluding carboxylic acids is 2. The largest absolute Gasteiger partial charge is 0.503 e. The van der Waals surface area contributed by atoms with Crippen molar-refractivity contribution in [3.05, 3.63) is 63.6 Å². The van der Waals surface area contributed by atoms with E-state index in [2.05, 4.69) is 11.8 Å². The SMILES string of the molecule is CCCCCOc1cccc([C@@H]2C(C(=O)c3cccs3)=C(O)C(=O)N2CCN2CCOCC2)c1. The highest BCUT2D eigenvalue weighted by molar-refractivity contribution is 7.12. The molecule has 2 aliphatic heterocycles. The molecule has 182 valence electrons. The number of ketones is 1. The van der Waals surface area contributed by atoms with Gasteiger partial charge >= 0.3 is 0 Å². The summed E-state index contributed by atoms with van der Waals surface area (Å²) in [5.74, 6) is -0.579. The maximum Gasteiger partial charge on any atom is 0.290 e. The standard InChI is InChI=1S/C26H32N2O5S/c1-2-3-4-14-33-20-8-5-7-19(18-20)23-22(24(29)21-9-6-17-34-21)25(30)26(31)28(23)11-10-27-12-15-32-16-13-27/h5-9,17-18,23,30H,2-4,10-16H2,1H3/t23-/m1/s1. The lowest BCUT2D eigenvalue weighted by molar-refractivity contribution is -0.129. The molecule has 1 aromatic heterocycles. The van der Waals surface area contributed by atoms with Crippen molar-refractivity contribution in [3.63, 3.8) is 0 Å². The van der Waals surface area contributed by atoms with Crippen LogP contribution in [-0.2, 0) is 9.53 Å². The Morgan fingerprint density at radius 1 is 1.18 bits per heavy atom. The highest BCUT2D eigenvalue weighted by atomic mass is 32.1. The van der Waals surface area contributed by atoms with Gasteiger partial charge in [-0.15, -0.1) is 11.3 Å². The Bertz CT molecular complexity index is 1010.